The highest BCUT2D eigenvalue weighted by atomic mass is 35.5. The number of carbonyl (C=O) groups excluding carboxylic acids is 2. The van der Waals surface area contributed by atoms with Crippen LogP contribution in [0.4, 0.5) is 5.69 Å². The SMILES string of the molecule is CC1CC(C)CN(CCCCNC(=O)CC2Sc3ccc(Cl)cc3NC2=O)C1. The highest BCUT2D eigenvalue weighted by molar-refractivity contribution is 8.01. The van der Waals surface area contributed by atoms with Crippen LogP contribution in [0.5, 0.6) is 0 Å². The van der Waals surface area contributed by atoms with E-state index in [1.54, 1.807) is 12.1 Å². The molecule has 2 amide bonds. The molecule has 0 bridgehead atoms. The first-order valence-electron chi connectivity index (χ1n) is 10.2. The molecule has 5 nitrogen and oxygen atoms in total. The normalized spacial score (nSPS) is 25.1. The Bertz CT molecular complexity index is 705. The molecule has 7 heteroatoms. The van der Waals surface area contributed by atoms with Crippen molar-refractivity contribution >= 4 is 40.9 Å². The van der Waals surface area contributed by atoms with E-state index in [4.69, 9.17) is 11.6 Å². The number of nitrogens with zero attached hydrogens (tertiary/aromatic N) is 1. The Morgan fingerprint density at radius 2 is 2.04 bits per heavy atom. The molecule has 3 rings (SSSR count). The van der Waals surface area contributed by atoms with E-state index in [1.165, 1.54) is 31.3 Å². The predicted octanol–water partition coefficient (Wildman–Crippen LogP) is 4.02. The molecule has 0 aliphatic carbocycles. The molecule has 28 heavy (non-hydrogen) atoms. The van der Waals surface area contributed by atoms with E-state index < -0.39 is 5.25 Å². The van der Waals surface area contributed by atoms with Gasteiger partial charge in [0, 0.05) is 36.0 Å². The lowest BCUT2D eigenvalue weighted by molar-refractivity contribution is -0.124. The van der Waals surface area contributed by atoms with Gasteiger partial charge in [-0.05, 0) is 55.8 Å². The lowest BCUT2D eigenvalue weighted by atomic mass is 9.92. The van der Waals surface area contributed by atoms with Crippen molar-refractivity contribution in [3.05, 3.63) is 23.2 Å². The summed E-state index contributed by atoms with van der Waals surface area (Å²) < 4.78 is 0. The molecule has 2 heterocycles. The fourth-order valence-corrected chi connectivity index (χ4v) is 5.42. The summed E-state index contributed by atoms with van der Waals surface area (Å²) in [6, 6.07) is 5.42. The molecule has 1 saturated heterocycles. The first kappa shape index (κ1) is 21.5. The zero-order valence-corrected chi connectivity index (χ0v) is 18.2. The van der Waals surface area contributed by atoms with E-state index in [1.807, 2.05) is 6.07 Å². The molecule has 0 radical (unpaired) electrons. The summed E-state index contributed by atoms with van der Waals surface area (Å²) in [5.74, 6) is 1.36. The fourth-order valence-electron chi connectivity index (χ4n) is 4.16. The Morgan fingerprint density at radius 3 is 2.79 bits per heavy atom. The van der Waals surface area contributed by atoms with Gasteiger partial charge in [-0.2, -0.15) is 0 Å². The van der Waals surface area contributed by atoms with Gasteiger partial charge in [0.1, 0.15) is 0 Å². The van der Waals surface area contributed by atoms with Gasteiger partial charge < -0.3 is 15.5 Å². The van der Waals surface area contributed by atoms with Crippen LogP contribution < -0.4 is 10.6 Å². The second kappa shape index (κ2) is 9.99. The molecular formula is C21H30ClN3O2S. The molecule has 2 aliphatic rings. The molecule has 1 fully saturated rings. The smallest absolute Gasteiger partial charge is 0.238 e. The number of halogens is 1. The van der Waals surface area contributed by atoms with Crippen LogP contribution in [-0.4, -0.2) is 48.1 Å². The number of carbonyl (C=O) groups is 2. The van der Waals surface area contributed by atoms with Crippen molar-refractivity contribution in [2.75, 3.05) is 31.5 Å². The first-order chi connectivity index (χ1) is 13.4. The summed E-state index contributed by atoms with van der Waals surface area (Å²) in [6.07, 6.45) is 3.58. The van der Waals surface area contributed by atoms with Gasteiger partial charge in [0.15, 0.2) is 0 Å². The Kier molecular flexibility index (Phi) is 7.66. The van der Waals surface area contributed by atoms with E-state index in [9.17, 15) is 9.59 Å². The summed E-state index contributed by atoms with van der Waals surface area (Å²) in [5.41, 5.74) is 0.723. The minimum absolute atomic E-state index is 0.0646. The lowest BCUT2D eigenvalue weighted by Gasteiger charge is -2.34. The third kappa shape index (κ3) is 6.13. The highest BCUT2D eigenvalue weighted by Gasteiger charge is 2.29. The maximum Gasteiger partial charge on any atom is 0.238 e. The van der Waals surface area contributed by atoms with E-state index in [0.717, 1.165) is 41.8 Å². The third-order valence-electron chi connectivity index (χ3n) is 5.30. The lowest BCUT2D eigenvalue weighted by Crippen LogP contribution is -2.39. The standard InChI is InChI=1S/C21H30ClN3O2S/c1-14-9-15(2)13-25(12-14)8-4-3-7-23-20(26)11-19-21(27)24-17-10-16(22)5-6-18(17)28-19/h5-6,10,14-15,19H,3-4,7-9,11-13H2,1-2H3,(H,23,26)(H,24,27). The molecule has 154 valence electrons. The van der Waals surface area contributed by atoms with Crippen LogP contribution in [0.1, 0.15) is 39.5 Å². The second-order valence-corrected chi connectivity index (χ2v) is 9.88. The molecule has 2 N–H and O–H groups in total. The quantitative estimate of drug-likeness (QED) is 0.650. The van der Waals surface area contributed by atoms with Crippen LogP contribution in [0, 0.1) is 11.8 Å². The van der Waals surface area contributed by atoms with Gasteiger partial charge in [-0.15, -0.1) is 11.8 Å². The molecule has 0 saturated carbocycles. The molecular weight excluding hydrogens is 394 g/mol. The van der Waals surface area contributed by atoms with Gasteiger partial charge in [0.05, 0.1) is 10.9 Å². The number of fused-ring (bicyclic) bond motifs is 1. The number of piperidine rings is 1. The topological polar surface area (TPSA) is 61.4 Å². The molecule has 1 aromatic rings. The number of hydrogen-bond acceptors (Lipinski definition) is 4. The molecule has 3 atom stereocenters. The summed E-state index contributed by atoms with van der Waals surface area (Å²) in [7, 11) is 0. The van der Waals surface area contributed by atoms with Crippen LogP contribution in [0.2, 0.25) is 5.02 Å². The number of anilines is 1. The van der Waals surface area contributed by atoms with Gasteiger partial charge in [-0.3, -0.25) is 9.59 Å². The van der Waals surface area contributed by atoms with Gasteiger partial charge in [-0.1, -0.05) is 25.4 Å². The molecule has 2 aliphatic heterocycles. The Morgan fingerprint density at radius 1 is 1.29 bits per heavy atom. The zero-order valence-electron chi connectivity index (χ0n) is 16.7. The zero-order chi connectivity index (χ0) is 20.1. The van der Waals surface area contributed by atoms with Crippen molar-refractivity contribution in [1.29, 1.82) is 0 Å². The molecule has 1 aromatic carbocycles. The Balaban J connectivity index is 1.34. The molecule has 0 aromatic heterocycles. The predicted molar refractivity (Wildman–Crippen MR) is 116 cm³/mol. The summed E-state index contributed by atoms with van der Waals surface area (Å²) in [4.78, 5) is 28.0. The second-order valence-electron chi connectivity index (χ2n) is 8.20. The summed E-state index contributed by atoms with van der Waals surface area (Å²) in [6.45, 7) is 8.81. The van der Waals surface area contributed by atoms with Crippen LogP contribution in [-0.2, 0) is 9.59 Å². The number of nitrogens with one attached hydrogen (secondary N) is 2. The van der Waals surface area contributed by atoms with Crippen LogP contribution in [0.15, 0.2) is 23.1 Å². The van der Waals surface area contributed by atoms with Gasteiger partial charge in [0.2, 0.25) is 11.8 Å². The molecule has 0 spiro atoms. The average molecular weight is 424 g/mol. The van der Waals surface area contributed by atoms with Crippen molar-refractivity contribution < 1.29 is 9.59 Å². The van der Waals surface area contributed by atoms with E-state index in [-0.39, 0.29) is 18.2 Å². The van der Waals surface area contributed by atoms with Crippen LogP contribution in [0.3, 0.4) is 0 Å². The van der Waals surface area contributed by atoms with E-state index in [2.05, 4.69) is 29.4 Å². The molecule has 3 unspecified atom stereocenters. The number of unbranched alkanes of at least 4 members (excludes halogenated alkanes) is 1. The van der Waals surface area contributed by atoms with Crippen molar-refractivity contribution in [3.8, 4) is 0 Å². The highest BCUT2D eigenvalue weighted by Crippen LogP contribution is 2.38. The summed E-state index contributed by atoms with van der Waals surface area (Å²) in [5, 5.41) is 6.00. The van der Waals surface area contributed by atoms with Gasteiger partial charge >= 0.3 is 0 Å². The van der Waals surface area contributed by atoms with Crippen LogP contribution >= 0.6 is 23.4 Å². The van der Waals surface area contributed by atoms with E-state index in [0.29, 0.717) is 11.6 Å². The van der Waals surface area contributed by atoms with Gasteiger partial charge in [-0.25, -0.2) is 0 Å². The van der Waals surface area contributed by atoms with Crippen molar-refractivity contribution in [2.45, 2.75) is 49.7 Å². The maximum atomic E-state index is 12.2. The number of hydrogen-bond donors (Lipinski definition) is 2. The number of likely N-dealkylation sites (tertiary alicyclic amines) is 1. The largest absolute Gasteiger partial charge is 0.356 e. The number of rotatable bonds is 7. The average Bonchev–Trinajstić information content (AvgIpc) is 2.61. The fraction of sp³-hybridized carbons (Fsp3) is 0.619. The van der Waals surface area contributed by atoms with Crippen LogP contribution in [0.25, 0.3) is 0 Å². The third-order valence-corrected chi connectivity index (χ3v) is 6.81. The van der Waals surface area contributed by atoms with Gasteiger partial charge in [0.25, 0.3) is 0 Å². The van der Waals surface area contributed by atoms with Crippen molar-refractivity contribution in [3.63, 3.8) is 0 Å². The number of thioether (sulfide) groups is 1. The monoisotopic (exact) mass is 423 g/mol. The minimum atomic E-state index is -0.398. The Hall–Kier alpha value is -1.24. The maximum absolute atomic E-state index is 12.2. The first-order valence-corrected chi connectivity index (χ1v) is 11.4. The van der Waals surface area contributed by atoms with E-state index >= 15 is 0 Å². The van der Waals surface area contributed by atoms with Crippen molar-refractivity contribution in [1.82, 2.24) is 10.2 Å². The number of benzene rings is 1. The Labute approximate surface area is 177 Å². The summed E-state index contributed by atoms with van der Waals surface area (Å²) >= 11 is 7.39. The minimum Gasteiger partial charge on any atom is -0.356 e. The van der Waals surface area contributed by atoms with Crippen molar-refractivity contribution in [2.24, 2.45) is 11.8 Å². The number of amides is 2.